The first-order valence-electron chi connectivity index (χ1n) is 4.31. The lowest BCUT2D eigenvalue weighted by Gasteiger charge is -2.07. The van der Waals surface area contributed by atoms with Gasteiger partial charge in [0, 0.05) is 5.75 Å². The van der Waals surface area contributed by atoms with Crippen molar-refractivity contribution in [2.24, 2.45) is 0 Å². The molecule has 0 saturated heterocycles. The molecule has 0 aliphatic heterocycles. The minimum atomic E-state index is 0.541. The summed E-state index contributed by atoms with van der Waals surface area (Å²) in [5, 5.41) is 0. The van der Waals surface area contributed by atoms with E-state index in [0.717, 1.165) is 12.4 Å². The average molecular weight is 172 g/mol. The Kier molecular flexibility index (Phi) is 4.71. The molecule has 64 valence electrons. The second kappa shape index (κ2) is 5.67. The van der Waals surface area contributed by atoms with Crippen LogP contribution in [0.15, 0.2) is 12.2 Å². The number of ether oxygens (including phenoxy) is 1. The van der Waals surface area contributed by atoms with Crippen LogP contribution in [-0.4, -0.2) is 18.5 Å². The summed E-state index contributed by atoms with van der Waals surface area (Å²) in [4.78, 5) is 0. The summed E-state index contributed by atoms with van der Waals surface area (Å²) >= 11 is 4.06. The van der Waals surface area contributed by atoms with E-state index in [1.807, 2.05) is 12.2 Å². The van der Waals surface area contributed by atoms with Crippen LogP contribution in [0.5, 0.6) is 0 Å². The standard InChI is InChI=1S/C9H16OS/c11-8-4-3-7-10-9-5-1-2-6-9/h3-4,9,11H,1-2,5-8H2. The van der Waals surface area contributed by atoms with E-state index in [-0.39, 0.29) is 0 Å². The van der Waals surface area contributed by atoms with Gasteiger partial charge in [0.15, 0.2) is 0 Å². The molecule has 1 nitrogen and oxygen atoms in total. The third-order valence-corrected chi connectivity index (χ3v) is 2.21. The quantitative estimate of drug-likeness (QED) is 0.506. The maximum absolute atomic E-state index is 5.58. The fourth-order valence-corrected chi connectivity index (χ4v) is 1.54. The van der Waals surface area contributed by atoms with Crippen LogP contribution in [0.1, 0.15) is 25.7 Å². The van der Waals surface area contributed by atoms with Crippen molar-refractivity contribution in [1.82, 2.24) is 0 Å². The van der Waals surface area contributed by atoms with Crippen LogP contribution in [-0.2, 0) is 4.74 Å². The molecule has 0 aromatic heterocycles. The zero-order valence-electron chi connectivity index (χ0n) is 6.83. The molecular weight excluding hydrogens is 156 g/mol. The molecular formula is C9H16OS. The van der Waals surface area contributed by atoms with Crippen molar-refractivity contribution < 1.29 is 4.74 Å². The zero-order chi connectivity index (χ0) is 7.94. The summed E-state index contributed by atoms with van der Waals surface area (Å²) in [5.41, 5.74) is 0. The topological polar surface area (TPSA) is 9.23 Å². The zero-order valence-corrected chi connectivity index (χ0v) is 7.72. The van der Waals surface area contributed by atoms with Crippen LogP contribution >= 0.6 is 12.6 Å². The Balaban J connectivity index is 1.97. The second-order valence-corrected chi connectivity index (χ2v) is 3.26. The molecule has 0 atom stereocenters. The number of hydrogen-bond acceptors (Lipinski definition) is 2. The van der Waals surface area contributed by atoms with E-state index < -0.39 is 0 Å². The summed E-state index contributed by atoms with van der Waals surface area (Å²) in [6.07, 6.45) is 9.83. The molecule has 0 spiro atoms. The smallest absolute Gasteiger partial charge is 0.0651 e. The van der Waals surface area contributed by atoms with E-state index in [4.69, 9.17) is 4.74 Å². The van der Waals surface area contributed by atoms with Crippen molar-refractivity contribution in [3.05, 3.63) is 12.2 Å². The fourth-order valence-electron chi connectivity index (χ4n) is 1.39. The highest BCUT2D eigenvalue weighted by Gasteiger charge is 2.13. The van der Waals surface area contributed by atoms with E-state index in [2.05, 4.69) is 12.6 Å². The van der Waals surface area contributed by atoms with Crippen LogP contribution in [0.4, 0.5) is 0 Å². The molecule has 0 radical (unpaired) electrons. The molecule has 11 heavy (non-hydrogen) atoms. The van der Waals surface area contributed by atoms with E-state index in [9.17, 15) is 0 Å². The van der Waals surface area contributed by atoms with Gasteiger partial charge in [-0.25, -0.2) is 0 Å². The normalized spacial score (nSPS) is 20.1. The monoisotopic (exact) mass is 172 g/mol. The lowest BCUT2D eigenvalue weighted by atomic mass is 10.3. The highest BCUT2D eigenvalue weighted by atomic mass is 32.1. The van der Waals surface area contributed by atoms with Crippen molar-refractivity contribution in [2.45, 2.75) is 31.8 Å². The van der Waals surface area contributed by atoms with Gasteiger partial charge in [0.1, 0.15) is 0 Å². The Morgan fingerprint density at radius 2 is 2.00 bits per heavy atom. The molecule has 1 fully saturated rings. The fraction of sp³-hybridized carbons (Fsp3) is 0.778. The Labute approximate surface area is 74.2 Å². The molecule has 1 aliphatic carbocycles. The average Bonchev–Trinajstić information content (AvgIpc) is 2.50. The van der Waals surface area contributed by atoms with Gasteiger partial charge in [-0.1, -0.05) is 25.0 Å². The molecule has 0 bridgehead atoms. The van der Waals surface area contributed by atoms with Crippen LogP contribution in [0.2, 0.25) is 0 Å². The molecule has 0 amide bonds. The van der Waals surface area contributed by atoms with Crippen LogP contribution in [0, 0.1) is 0 Å². The first kappa shape index (κ1) is 9.14. The van der Waals surface area contributed by atoms with Crippen LogP contribution < -0.4 is 0 Å². The molecule has 0 aromatic carbocycles. The lowest BCUT2D eigenvalue weighted by Crippen LogP contribution is -2.06. The molecule has 2 heteroatoms. The van der Waals surface area contributed by atoms with Gasteiger partial charge >= 0.3 is 0 Å². The summed E-state index contributed by atoms with van der Waals surface area (Å²) in [7, 11) is 0. The molecule has 0 heterocycles. The van der Waals surface area contributed by atoms with E-state index >= 15 is 0 Å². The SMILES string of the molecule is SCC=CCOC1CCCC1. The van der Waals surface area contributed by atoms with Gasteiger partial charge in [0.2, 0.25) is 0 Å². The highest BCUT2D eigenvalue weighted by molar-refractivity contribution is 7.80. The largest absolute Gasteiger partial charge is 0.374 e. The Morgan fingerprint density at radius 3 is 2.64 bits per heavy atom. The minimum Gasteiger partial charge on any atom is -0.374 e. The van der Waals surface area contributed by atoms with E-state index in [1.165, 1.54) is 25.7 Å². The summed E-state index contributed by atoms with van der Waals surface area (Å²) < 4.78 is 5.58. The second-order valence-electron chi connectivity index (χ2n) is 2.89. The number of thiol groups is 1. The Bertz CT molecular complexity index is 117. The lowest BCUT2D eigenvalue weighted by molar-refractivity contribution is 0.0800. The van der Waals surface area contributed by atoms with Crippen molar-refractivity contribution >= 4 is 12.6 Å². The summed E-state index contributed by atoms with van der Waals surface area (Å²) in [6, 6.07) is 0. The molecule has 0 unspecified atom stereocenters. The van der Waals surface area contributed by atoms with Crippen molar-refractivity contribution in [2.75, 3.05) is 12.4 Å². The van der Waals surface area contributed by atoms with Gasteiger partial charge in [-0.05, 0) is 12.8 Å². The predicted molar refractivity (Wildman–Crippen MR) is 51.2 cm³/mol. The highest BCUT2D eigenvalue weighted by Crippen LogP contribution is 2.20. The maximum Gasteiger partial charge on any atom is 0.0651 e. The Hall–Kier alpha value is 0.0500. The van der Waals surface area contributed by atoms with Crippen molar-refractivity contribution in [3.63, 3.8) is 0 Å². The molecule has 0 aromatic rings. The van der Waals surface area contributed by atoms with Crippen LogP contribution in [0.25, 0.3) is 0 Å². The molecule has 1 rings (SSSR count). The van der Waals surface area contributed by atoms with E-state index in [1.54, 1.807) is 0 Å². The van der Waals surface area contributed by atoms with Gasteiger partial charge in [-0.3, -0.25) is 0 Å². The van der Waals surface area contributed by atoms with Crippen LogP contribution in [0.3, 0.4) is 0 Å². The van der Waals surface area contributed by atoms with Crippen molar-refractivity contribution in [3.8, 4) is 0 Å². The van der Waals surface area contributed by atoms with E-state index in [0.29, 0.717) is 6.10 Å². The third-order valence-electron chi connectivity index (χ3n) is 2.00. The molecule has 1 aliphatic rings. The Morgan fingerprint density at radius 1 is 1.27 bits per heavy atom. The summed E-state index contributed by atoms with van der Waals surface area (Å²) in [5.74, 6) is 0.814. The van der Waals surface area contributed by atoms with Gasteiger partial charge < -0.3 is 4.74 Å². The predicted octanol–water partition coefficient (Wildman–Crippen LogP) is 2.43. The van der Waals surface area contributed by atoms with Gasteiger partial charge in [0.05, 0.1) is 12.7 Å². The van der Waals surface area contributed by atoms with Gasteiger partial charge in [0.25, 0.3) is 0 Å². The number of hydrogen-bond donors (Lipinski definition) is 1. The van der Waals surface area contributed by atoms with Crippen molar-refractivity contribution in [1.29, 1.82) is 0 Å². The minimum absolute atomic E-state index is 0.541. The summed E-state index contributed by atoms with van der Waals surface area (Å²) in [6.45, 7) is 0.769. The molecule has 1 saturated carbocycles. The third kappa shape index (κ3) is 3.82. The van der Waals surface area contributed by atoms with Gasteiger partial charge in [-0.15, -0.1) is 0 Å². The molecule has 0 N–H and O–H groups in total. The van der Waals surface area contributed by atoms with Gasteiger partial charge in [-0.2, -0.15) is 12.6 Å². The first-order chi connectivity index (χ1) is 5.43. The number of rotatable bonds is 4. The first-order valence-corrected chi connectivity index (χ1v) is 4.94. The maximum atomic E-state index is 5.58.